The standard InChI is InChI=1S/C13H14BrNO2/c1-8-10(7-16)6-12(15-8)9-3-4-13(17-2)11(14)5-9/h3-6,15-16H,7H2,1-2H3. The molecule has 0 fully saturated rings. The molecule has 2 aromatic rings. The number of aliphatic hydroxyl groups is 1. The summed E-state index contributed by atoms with van der Waals surface area (Å²) >= 11 is 3.46. The van der Waals surface area contributed by atoms with Gasteiger partial charge in [-0.25, -0.2) is 0 Å². The third-order valence-electron chi connectivity index (χ3n) is 2.76. The van der Waals surface area contributed by atoms with Crippen molar-refractivity contribution < 1.29 is 9.84 Å². The Kier molecular flexibility index (Phi) is 3.54. The number of H-pyrrole nitrogens is 1. The van der Waals surface area contributed by atoms with Crippen LogP contribution >= 0.6 is 15.9 Å². The van der Waals surface area contributed by atoms with Gasteiger partial charge in [-0.2, -0.15) is 0 Å². The number of aryl methyl sites for hydroxylation is 1. The molecule has 1 aromatic heterocycles. The lowest BCUT2D eigenvalue weighted by Gasteiger charge is -2.05. The highest BCUT2D eigenvalue weighted by Crippen LogP contribution is 2.30. The zero-order valence-electron chi connectivity index (χ0n) is 9.75. The van der Waals surface area contributed by atoms with E-state index in [4.69, 9.17) is 9.84 Å². The Morgan fingerprint density at radius 2 is 2.12 bits per heavy atom. The molecule has 2 rings (SSSR count). The number of methoxy groups -OCH3 is 1. The second-order valence-electron chi connectivity index (χ2n) is 3.84. The molecule has 0 saturated heterocycles. The van der Waals surface area contributed by atoms with Gasteiger partial charge in [-0.3, -0.25) is 0 Å². The molecule has 90 valence electrons. The van der Waals surface area contributed by atoms with Gasteiger partial charge in [-0.15, -0.1) is 0 Å². The fraction of sp³-hybridized carbons (Fsp3) is 0.231. The van der Waals surface area contributed by atoms with Crippen LogP contribution in [0.25, 0.3) is 11.3 Å². The SMILES string of the molecule is COc1ccc(-c2cc(CO)c(C)[nH]2)cc1Br. The minimum atomic E-state index is 0.0552. The van der Waals surface area contributed by atoms with Crippen molar-refractivity contribution in [2.45, 2.75) is 13.5 Å². The van der Waals surface area contributed by atoms with Crippen molar-refractivity contribution in [2.75, 3.05) is 7.11 Å². The number of aliphatic hydroxyl groups excluding tert-OH is 1. The number of hydrogen-bond acceptors (Lipinski definition) is 2. The van der Waals surface area contributed by atoms with Crippen LogP contribution in [0.4, 0.5) is 0 Å². The molecule has 1 aromatic carbocycles. The number of halogens is 1. The fourth-order valence-electron chi connectivity index (χ4n) is 1.75. The quantitative estimate of drug-likeness (QED) is 0.913. The molecule has 0 unspecified atom stereocenters. The molecule has 0 bridgehead atoms. The van der Waals surface area contributed by atoms with Crippen molar-refractivity contribution in [1.29, 1.82) is 0 Å². The zero-order chi connectivity index (χ0) is 12.4. The van der Waals surface area contributed by atoms with E-state index in [9.17, 15) is 0 Å². The van der Waals surface area contributed by atoms with Gasteiger partial charge in [-0.05, 0) is 58.2 Å². The van der Waals surface area contributed by atoms with Crippen molar-refractivity contribution in [2.24, 2.45) is 0 Å². The van der Waals surface area contributed by atoms with Crippen molar-refractivity contribution in [3.05, 3.63) is 40.0 Å². The van der Waals surface area contributed by atoms with Gasteiger partial charge in [0, 0.05) is 11.4 Å². The van der Waals surface area contributed by atoms with E-state index in [0.717, 1.165) is 32.7 Å². The van der Waals surface area contributed by atoms with E-state index in [-0.39, 0.29) is 6.61 Å². The van der Waals surface area contributed by atoms with Crippen LogP contribution in [0.1, 0.15) is 11.3 Å². The highest BCUT2D eigenvalue weighted by atomic mass is 79.9. The summed E-state index contributed by atoms with van der Waals surface area (Å²) in [6.45, 7) is 2.01. The second kappa shape index (κ2) is 4.94. The molecule has 17 heavy (non-hydrogen) atoms. The van der Waals surface area contributed by atoms with Crippen LogP contribution in [0.15, 0.2) is 28.7 Å². The third-order valence-corrected chi connectivity index (χ3v) is 3.38. The van der Waals surface area contributed by atoms with Crippen molar-refractivity contribution >= 4 is 15.9 Å². The number of aromatic amines is 1. The predicted octanol–water partition coefficient (Wildman–Crippen LogP) is 3.25. The van der Waals surface area contributed by atoms with E-state index in [0.29, 0.717) is 0 Å². The van der Waals surface area contributed by atoms with Crippen LogP contribution in [-0.2, 0) is 6.61 Å². The summed E-state index contributed by atoms with van der Waals surface area (Å²) in [5.41, 5.74) is 3.97. The van der Waals surface area contributed by atoms with Crippen LogP contribution in [0.3, 0.4) is 0 Å². The van der Waals surface area contributed by atoms with Crippen LogP contribution in [0.2, 0.25) is 0 Å². The minimum absolute atomic E-state index is 0.0552. The minimum Gasteiger partial charge on any atom is -0.496 e. The molecule has 1 heterocycles. The molecule has 0 spiro atoms. The summed E-state index contributed by atoms with van der Waals surface area (Å²) in [5, 5.41) is 9.17. The van der Waals surface area contributed by atoms with Gasteiger partial charge in [0.15, 0.2) is 0 Å². The smallest absolute Gasteiger partial charge is 0.133 e. The molecule has 0 aliphatic heterocycles. The largest absolute Gasteiger partial charge is 0.496 e. The summed E-state index contributed by atoms with van der Waals surface area (Å²) in [6.07, 6.45) is 0. The number of benzene rings is 1. The number of ether oxygens (including phenoxy) is 1. The van der Waals surface area contributed by atoms with Gasteiger partial charge in [0.1, 0.15) is 5.75 Å². The van der Waals surface area contributed by atoms with E-state index >= 15 is 0 Å². The van der Waals surface area contributed by atoms with E-state index in [1.165, 1.54) is 0 Å². The maximum Gasteiger partial charge on any atom is 0.133 e. The third kappa shape index (κ3) is 2.37. The van der Waals surface area contributed by atoms with Gasteiger partial charge in [0.2, 0.25) is 0 Å². The van der Waals surface area contributed by atoms with E-state index in [2.05, 4.69) is 20.9 Å². The molecule has 4 heteroatoms. The Hall–Kier alpha value is -1.26. The molecule has 0 atom stereocenters. The first-order valence-electron chi connectivity index (χ1n) is 5.29. The molecule has 0 amide bonds. The average Bonchev–Trinajstić information content (AvgIpc) is 2.70. The summed E-state index contributed by atoms with van der Waals surface area (Å²) in [4.78, 5) is 3.25. The van der Waals surface area contributed by atoms with Crippen LogP contribution in [-0.4, -0.2) is 17.2 Å². The average molecular weight is 296 g/mol. The maximum absolute atomic E-state index is 9.17. The summed E-state index contributed by atoms with van der Waals surface area (Å²) in [5.74, 6) is 0.805. The Morgan fingerprint density at radius 3 is 2.65 bits per heavy atom. The summed E-state index contributed by atoms with van der Waals surface area (Å²) in [6, 6.07) is 7.85. The van der Waals surface area contributed by atoms with E-state index < -0.39 is 0 Å². The maximum atomic E-state index is 9.17. The van der Waals surface area contributed by atoms with Crippen molar-refractivity contribution in [3.63, 3.8) is 0 Å². The predicted molar refractivity (Wildman–Crippen MR) is 71.1 cm³/mol. The first-order valence-corrected chi connectivity index (χ1v) is 6.08. The van der Waals surface area contributed by atoms with Gasteiger partial charge in [-0.1, -0.05) is 0 Å². The lowest BCUT2D eigenvalue weighted by Crippen LogP contribution is -1.85. The lowest BCUT2D eigenvalue weighted by atomic mass is 10.1. The number of rotatable bonds is 3. The zero-order valence-corrected chi connectivity index (χ0v) is 11.3. The Morgan fingerprint density at radius 1 is 1.35 bits per heavy atom. The first-order chi connectivity index (χ1) is 8.15. The van der Waals surface area contributed by atoms with Crippen LogP contribution in [0.5, 0.6) is 5.75 Å². The molecule has 3 nitrogen and oxygen atoms in total. The highest BCUT2D eigenvalue weighted by Gasteiger charge is 2.07. The van der Waals surface area contributed by atoms with Crippen LogP contribution in [0, 0.1) is 6.92 Å². The number of hydrogen-bond donors (Lipinski definition) is 2. The molecule has 0 radical (unpaired) electrons. The topological polar surface area (TPSA) is 45.2 Å². The normalized spacial score (nSPS) is 10.6. The number of aromatic nitrogens is 1. The summed E-state index contributed by atoms with van der Waals surface area (Å²) in [7, 11) is 1.64. The Balaban J connectivity index is 2.42. The molecule has 0 aliphatic rings. The summed E-state index contributed by atoms with van der Waals surface area (Å²) < 4.78 is 6.10. The molecular formula is C13H14BrNO2. The van der Waals surface area contributed by atoms with E-state index in [1.54, 1.807) is 7.11 Å². The second-order valence-corrected chi connectivity index (χ2v) is 4.70. The van der Waals surface area contributed by atoms with Gasteiger partial charge >= 0.3 is 0 Å². The monoisotopic (exact) mass is 295 g/mol. The van der Waals surface area contributed by atoms with Crippen molar-refractivity contribution in [3.8, 4) is 17.0 Å². The highest BCUT2D eigenvalue weighted by molar-refractivity contribution is 9.10. The Bertz CT molecular complexity index is 534. The van der Waals surface area contributed by atoms with Gasteiger partial charge in [0.25, 0.3) is 0 Å². The van der Waals surface area contributed by atoms with E-state index in [1.807, 2.05) is 31.2 Å². The number of nitrogens with one attached hydrogen (secondary N) is 1. The fourth-order valence-corrected chi connectivity index (χ4v) is 2.30. The molecule has 0 saturated carbocycles. The molecule has 0 aliphatic carbocycles. The first kappa shape index (κ1) is 12.2. The lowest BCUT2D eigenvalue weighted by molar-refractivity contribution is 0.281. The molecule has 2 N–H and O–H groups in total. The Labute approximate surface area is 109 Å². The van der Waals surface area contributed by atoms with Crippen LogP contribution < -0.4 is 4.74 Å². The van der Waals surface area contributed by atoms with Crippen molar-refractivity contribution in [1.82, 2.24) is 4.98 Å². The molecular weight excluding hydrogens is 282 g/mol. The van der Waals surface area contributed by atoms with Gasteiger partial charge < -0.3 is 14.8 Å². The van der Waals surface area contributed by atoms with Gasteiger partial charge in [0.05, 0.1) is 18.2 Å².